The molecule has 0 saturated carbocycles. The van der Waals surface area contributed by atoms with Gasteiger partial charge in [0.15, 0.2) is 0 Å². The highest BCUT2D eigenvalue weighted by Gasteiger charge is 2.20. The van der Waals surface area contributed by atoms with Gasteiger partial charge in [0, 0.05) is 12.4 Å². The van der Waals surface area contributed by atoms with Crippen LogP contribution in [0.5, 0.6) is 0 Å². The molecule has 0 bridgehead atoms. The maximum absolute atomic E-state index is 10.7. The van der Waals surface area contributed by atoms with E-state index in [0.717, 1.165) is 62.8 Å². The molecule has 0 aromatic rings. The SMILES string of the molecule is CCCCOCCOCC[N+](C)(CCCC)CCCCS(=O)(=O)[O-]. The van der Waals surface area contributed by atoms with Crippen molar-refractivity contribution in [1.82, 2.24) is 0 Å². The Bertz CT molecular complexity index is 388. The molecule has 0 saturated heterocycles. The molecule has 1 atom stereocenters. The van der Waals surface area contributed by atoms with E-state index in [2.05, 4.69) is 20.9 Å². The van der Waals surface area contributed by atoms with E-state index in [1.54, 1.807) is 0 Å². The van der Waals surface area contributed by atoms with Gasteiger partial charge in [0.2, 0.25) is 0 Å². The van der Waals surface area contributed by atoms with Gasteiger partial charge in [-0.25, -0.2) is 8.42 Å². The first-order valence-electron chi connectivity index (χ1n) is 9.25. The molecule has 7 heteroatoms. The Hall–Kier alpha value is -0.210. The highest BCUT2D eigenvalue weighted by molar-refractivity contribution is 7.85. The van der Waals surface area contributed by atoms with Crippen molar-refractivity contribution in [3.8, 4) is 0 Å². The molecule has 0 rings (SSSR count). The van der Waals surface area contributed by atoms with Gasteiger partial charge in [-0.3, -0.25) is 0 Å². The van der Waals surface area contributed by atoms with Crippen LogP contribution in [0.3, 0.4) is 0 Å². The fourth-order valence-electron chi connectivity index (χ4n) is 2.50. The molecule has 0 aliphatic rings. The van der Waals surface area contributed by atoms with Crippen LogP contribution in [0.2, 0.25) is 0 Å². The molecular weight excluding hydrogens is 330 g/mol. The molecule has 24 heavy (non-hydrogen) atoms. The van der Waals surface area contributed by atoms with E-state index in [4.69, 9.17) is 9.47 Å². The number of likely N-dealkylation sites (N-methyl/N-ethyl adjacent to an activating group) is 1. The van der Waals surface area contributed by atoms with Crippen LogP contribution in [0.15, 0.2) is 0 Å². The summed E-state index contributed by atoms with van der Waals surface area (Å²) in [7, 11) is -1.91. The summed E-state index contributed by atoms with van der Waals surface area (Å²) in [6, 6.07) is 0. The Morgan fingerprint density at radius 3 is 1.96 bits per heavy atom. The molecule has 0 aliphatic carbocycles. The lowest BCUT2D eigenvalue weighted by Gasteiger charge is -2.34. The summed E-state index contributed by atoms with van der Waals surface area (Å²) < 4.78 is 44.0. The van der Waals surface area contributed by atoms with Crippen molar-refractivity contribution in [2.75, 3.05) is 58.9 Å². The molecule has 0 aliphatic heterocycles. The van der Waals surface area contributed by atoms with Crippen molar-refractivity contribution in [2.24, 2.45) is 0 Å². The minimum atomic E-state index is -4.09. The van der Waals surface area contributed by atoms with Crippen molar-refractivity contribution in [2.45, 2.75) is 52.4 Å². The summed E-state index contributed by atoms with van der Waals surface area (Å²) in [5.74, 6) is -0.258. The number of hydrogen-bond acceptors (Lipinski definition) is 5. The van der Waals surface area contributed by atoms with Crippen molar-refractivity contribution in [3.05, 3.63) is 0 Å². The molecule has 0 aromatic carbocycles. The monoisotopic (exact) mass is 367 g/mol. The first kappa shape index (κ1) is 23.8. The van der Waals surface area contributed by atoms with Crippen LogP contribution in [0, 0.1) is 0 Å². The zero-order valence-corrected chi connectivity index (χ0v) is 16.6. The lowest BCUT2D eigenvalue weighted by Crippen LogP contribution is -2.48. The Labute approximate surface area is 148 Å². The molecular formula is C17H37NO5S. The summed E-state index contributed by atoms with van der Waals surface area (Å²) in [5, 5.41) is 0. The molecule has 146 valence electrons. The zero-order chi connectivity index (χ0) is 18.3. The summed E-state index contributed by atoms with van der Waals surface area (Å²) >= 11 is 0. The van der Waals surface area contributed by atoms with E-state index >= 15 is 0 Å². The maximum Gasteiger partial charge on any atom is 0.102 e. The van der Waals surface area contributed by atoms with E-state index in [-0.39, 0.29) is 5.75 Å². The third-order valence-corrected chi connectivity index (χ3v) is 4.97. The first-order chi connectivity index (χ1) is 11.3. The Balaban J connectivity index is 3.96. The molecule has 0 radical (unpaired) electrons. The van der Waals surface area contributed by atoms with Crippen molar-refractivity contribution < 1.29 is 26.9 Å². The molecule has 0 amide bonds. The van der Waals surface area contributed by atoms with E-state index in [1.807, 2.05) is 0 Å². The largest absolute Gasteiger partial charge is 0.748 e. The quantitative estimate of drug-likeness (QED) is 0.224. The Morgan fingerprint density at radius 1 is 0.792 bits per heavy atom. The minimum absolute atomic E-state index is 0.258. The summed E-state index contributed by atoms with van der Waals surface area (Å²) in [6.45, 7) is 9.87. The predicted octanol–water partition coefficient (Wildman–Crippen LogP) is 2.39. The number of nitrogens with zero attached hydrogens (tertiary/aromatic N) is 1. The third-order valence-electron chi connectivity index (χ3n) is 4.18. The standard InChI is InChI=1S/C17H37NO5S/c1-4-6-10-18(3,11-8-9-17-24(19,20)21)12-14-23-16-15-22-13-7-5-2/h4-17H2,1-3H3. The van der Waals surface area contributed by atoms with Gasteiger partial charge in [0.25, 0.3) is 0 Å². The zero-order valence-electron chi connectivity index (χ0n) is 15.8. The van der Waals surface area contributed by atoms with Crippen LogP contribution < -0.4 is 0 Å². The first-order valence-corrected chi connectivity index (χ1v) is 10.8. The van der Waals surface area contributed by atoms with Gasteiger partial charge in [0.1, 0.15) is 6.54 Å². The summed E-state index contributed by atoms with van der Waals surface area (Å²) in [6.07, 6.45) is 5.69. The van der Waals surface area contributed by atoms with Gasteiger partial charge < -0.3 is 18.5 Å². The van der Waals surface area contributed by atoms with E-state index in [0.29, 0.717) is 26.2 Å². The molecule has 0 heterocycles. The lowest BCUT2D eigenvalue weighted by atomic mass is 10.2. The van der Waals surface area contributed by atoms with E-state index in [9.17, 15) is 13.0 Å². The maximum atomic E-state index is 10.7. The number of unbranched alkanes of at least 4 members (excludes halogenated alkanes) is 3. The molecule has 6 nitrogen and oxygen atoms in total. The number of rotatable bonds is 17. The molecule has 1 unspecified atom stereocenters. The Kier molecular flexibility index (Phi) is 13.9. The van der Waals surface area contributed by atoms with E-state index < -0.39 is 10.1 Å². The highest BCUT2D eigenvalue weighted by atomic mass is 32.2. The van der Waals surface area contributed by atoms with Gasteiger partial charge in [-0.2, -0.15) is 0 Å². The lowest BCUT2D eigenvalue weighted by molar-refractivity contribution is -0.910. The number of hydrogen-bond donors (Lipinski definition) is 0. The average Bonchev–Trinajstić information content (AvgIpc) is 2.52. The predicted molar refractivity (Wildman–Crippen MR) is 96.0 cm³/mol. The average molecular weight is 368 g/mol. The van der Waals surface area contributed by atoms with Crippen LogP contribution >= 0.6 is 0 Å². The van der Waals surface area contributed by atoms with Gasteiger partial charge in [-0.05, 0) is 25.7 Å². The van der Waals surface area contributed by atoms with Crippen molar-refractivity contribution in [3.63, 3.8) is 0 Å². The van der Waals surface area contributed by atoms with Gasteiger partial charge in [0.05, 0.1) is 50.1 Å². The second-order valence-corrected chi connectivity index (χ2v) is 8.21. The van der Waals surface area contributed by atoms with Gasteiger partial charge in [-0.15, -0.1) is 0 Å². The third kappa shape index (κ3) is 15.3. The van der Waals surface area contributed by atoms with Crippen LogP contribution in [-0.2, 0) is 19.6 Å². The Morgan fingerprint density at radius 2 is 1.38 bits per heavy atom. The highest BCUT2D eigenvalue weighted by Crippen LogP contribution is 2.09. The van der Waals surface area contributed by atoms with Crippen LogP contribution in [0.25, 0.3) is 0 Å². The minimum Gasteiger partial charge on any atom is -0.748 e. The second kappa shape index (κ2) is 14.0. The van der Waals surface area contributed by atoms with Crippen LogP contribution in [0.1, 0.15) is 52.4 Å². The van der Waals surface area contributed by atoms with Gasteiger partial charge in [-0.1, -0.05) is 26.7 Å². The molecule has 0 spiro atoms. The van der Waals surface area contributed by atoms with Crippen LogP contribution in [0.4, 0.5) is 0 Å². The smallest absolute Gasteiger partial charge is 0.102 e. The van der Waals surface area contributed by atoms with Crippen LogP contribution in [-0.4, -0.2) is 76.3 Å². The fraction of sp³-hybridized carbons (Fsp3) is 1.00. The van der Waals surface area contributed by atoms with Gasteiger partial charge >= 0.3 is 0 Å². The fourth-order valence-corrected chi connectivity index (χ4v) is 3.06. The molecule has 0 aromatic heterocycles. The summed E-state index contributed by atoms with van der Waals surface area (Å²) in [5.41, 5.74) is 0. The van der Waals surface area contributed by atoms with Crippen molar-refractivity contribution in [1.29, 1.82) is 0 Å². The summed E-state index contributed by atoms with van der Waals surface area (Å²) in [4.78, 5) is 0. The van der Waals surface area contributed by atoms with Crippen molar-refractivity contribution >= 4 is 10.1 Å². The second-order valence-electron chi connectivity index (χ2n) is 6.69. The topological polar surface area (TPSA) is 75.7 Å². The molecule has 0 fully saturated rings. The molecule has 0 N–H and O–H groups in total. The van der Waals surface area contributed by atoms with E-state index in [1.165, 1.54) is 0 Å². The number of quaternary nitrogens is 1. The number of ether oxygens (including phenoxy) is 2. The normalized spacial score (nSPS) is 14.7.